The number of nitrogens with two attached hydrogens (primary N) is 1. The average Bonchev–Trinajstić information content (AvgIpc) is 2.88. The molecule has 36 heavy (non-hydrogen) atoms. The number of hydrogen-bond donors (Lipinski definition) is 4. The zero-order valence-corrected chi connectivity index (χ0v) is 20.8. The number of carbonyl (C=O) groups excluding carboxylic acids is 2. The molecule has 3 atom stereocenters. The number of aromatic nitrogens is 2. The van der Waals surface area contributed by atoms with Gasteiger partial charge in [0, 0.05) is 23.3 Å². The first-order valence-corrected chi connectivity index (χ1v) is 12.2. The van der Waals surface area contributed by atoms with Crippen molar-refractivity contribution in [2.24, 2.45) is 5.73 Å². The highest BCUT2D eigenvalue weighted by Gasteiger charge is 2.32. The molecule has 0 bridgehead atoms. The fourth-order valence-corrected chi connectivity index (χ4v) is 4.65. The highest BCUT2D eigenvalue weighted by molar-refractivity contribution is 6.32. The van der Waals surface area contributed by atoms with Gasteiger partial charge in [0.05, 0.1) is 6.20 Å². The van der Waals surface area contributed by atoms with Crippen LogP contribution in [0.5, 0.6) is 0 Å². The monoisotopic (exact) mass is 504 g/mol. The standard InChI is InChI=1S/C27H29ClN6O2/c1-3-24(35)31-23-13-18(17-7-5-4-6-8-17)11-12-21(23)32-26-20(28)15-30-27(34-26)33-22-14-19(25(29)36)10-9-16(22)2/h3-10,14-15,18,21,23H,1,11-13H2,2H3,(H2,29,36)(H,31,35)(H2,30,32,33,34)/t18?,21-,23-/m0/s1. The Morgan fingerprint density at radius 1 is 1.14 bits per heavy atom. The molecule has 8 nitrogen and oxygen atoms in total. The van der Waals surface area contributed by atoms with Crippen LogP contribution < -0.4 is 21.7 Å². The minimum atomic E-state index is -0.517. The molecule has 9 heteroatoms. The van der Waals surface area contributed by atoms with Gasteiger partial charge in [-0.2, -0.15) is 4.98 Å². The zero-order valence-electron chi connectivity index (χ0n) is 20.0. The number of hydrogen-bond acceptors (Lipinski definition) is 6. The van der Waals surface area contributed by atoms with Crippen molar-refractivity contribution in [3.63, 3.8) is 0 Å². The largest absolute Gasteiger partial charge is 0.366 e. The molecule has 1 aliphatic carbocycles. The molecule has 1 aliphatic rings. The molecule has 0 spiro atoms. The van der Waals surface area contributed by atoms with Crippen molar-refractivity contribution >= 4 is 40.9 Å². The Morgan fingerprint density at radius 3 is 2.64 bits per heavy atom. The van der Waals surface area contributed by atoms with E-state index in [0.717, 1.165) is 24.8 Å². The van der Waals surface area contributed by atoms with Crippen molar-refractivity contribution in [1.29, 1.82) is 0 Å². The van der Waals surface area contributed by atoms with Crippen molar-refractivity contribution in [3.8, 4) is 0 Å². The van der Waals surface area contributed by atoms with Gasteiger partial charge in [0.2, 0.25) is 17.8 Å². The van der Waals surface area contributed by atoms with Crippen LogP contribution >= 0.6 is 11.6 Å². The smallest absolute Gasteiger partial charge is 0.248 e. The van der Waals surface area contributed by atoms with Crippen molar-refractivity contribution in [3.05, 3.63) is 89.1 Å². The molecule has 0 aliphatic heterocycles. The van der Waals surface area contributed by atoms with Gasteiger partial charge in [-0.05, 0) is 61.4 Å². The lowest BCUT2D eigenvalue weighted by Gasteiger charge is -2.37. The van der Waals surface area contributed by atoms with Crippen LogP contribution in [0.15, 0.2) is 67.4 Å². The molecule has 0 radical (unpaired) electrons. The average molecular weight is 505 g/mol. The number of aryl methyl sites for hydroxylation is 1. The fraction of sp³-hybridized carbons (Fsp3) is 0.259. The van der Waals surface area contributed by atoms with Crippen molar-refractivity contribution in [1.82, 2.24) is 15.3 Å². The first kappa shape index (κ1) is 25.2. The first-order chi connectivity index (χ1) is 17.3. The Hall–Kier alpha value is -3.91. The third-order valence-corrected chi connectivity index (χ3v) is 6.75. The number of nitrogens with one attached hydrogen (secondary N) is 3. The summed E-state index contributed by atoms with van der Waals surface area (Å²) in [5.74, 6) is 0.366. The van der Waals surface area contributed by atoms with E-state index in [2.05, 4.69) is 44.6 Å². The molecule has 2 aromatic carbocycles. The van der Waals surface area contributed by atoms with Crippen LogP contribution in [0.3, 0.4) is 0 Å². The lowest BCUT2D eigenvalue weighted by Crippen LogP contribution is -2.49. The maximum absolute atomic E-state index is 12.2. The van der Waals surface area contributed by atoms with E-state index in [9.17, 15) is 9.59 Å². The number of anilines is 3. The lowest BCUT2D eigenvalue weighted by atomic mass is 9.78. The molecule has 3 aromatic rings. The van der Waals surface area contributed by atoms with Crippen LogP contribution in [-0.4, -0.2) is 33.9 Å². The second-order valence-corrected chi connectivity index (χ2v) is 9.31. The number of rotatable bonds is 8. The van der Waals surface area contributed by atoms with E-state index in [1.54, 1.807) is 18.2 Å². The second kappa shape index (κ2) is 11.2. The lowest BCUT2D eigenvalue weighted by molar-refractivity contribution is -0.117. The van der Waals surface area contributed by atoms with Crippen LogP contribution in [0.1, 0.15) is 46.7 Å². The summed E-state index contributed by atoms with van der Waals surface area (Å²) >= 11 is 6.44. The van der Waals surface area contributed by atoms with Gasteiger partial charge in [-0.25, -0.2) is 4.98 Å². The molecule has 1 unspecified atom stereocenters. The van der Waals surface area contributed by atoms with Gasteiger partial charge in [0.15, 0.2) is 5.82 Å². The molecule has 5 N–H and O–H groups in total. The molecular formula is C27H29ClN6O2. The van der Waals surface area contributed by atoms with Crippen LogP contribution in [0.2, 0.25) is 5.02 Å². The SMILES string of the molecule is C=CC(=O)N[C@H]1CC(c2ccccc2)CC[C@@H]1Nc1nc(Nc2cc(C(N)=O)ccc2C)ncc1Cl. The minimum absolute atomic E-state index is 0.0889. The highest BCUT2D eigenvalue weighted by Crippen LogP contribution is 2.35. The summed E-state index contributed by atoms with van der Waals surface area (Å²) in [4.78, 5) is 32.6. The van der Waals surface area contributed by atoms with Gasteiger partial charge in [0.25, 0.3) is 0 Å². The summed E-state index contributed by atoms with van der Waals surface area (Å²) < 4.78 is 0. The number of primary amides is 1. The fourth-order valence-electron chi connectivity index (χ4n) is 4.51. The Bertz CT molecular complexity index is 1270. The Labute approximate surface area is 215 Å². The van der Waals surface area contributed by atoms with Crippen LogP contribution in [-0.2, 0) is 4.79 Å². The van der Waals surface area contributed by atoms with Gasteiger partial charge in [-0.3, -0.25) is 9.59 Å². The van der Waals surface area contributed by atoms with E-state index in [4.69, 9.17) is 17.3 Å². The number of amides is 2. The highest BCUT2D eigenvalue weighted by atomic mass is 35.5. The molecule has 186 valence electrons. The number of halogens is 1. The molecule has 1 aromatic heterocycles. The summed E-state index contributed by atoms with van der Waals surface area (Å²) in [7, 11) is 0. The minimum Gasteiger partial charge on any atom is -0.366 e. The summed E-state index contributed by atoms with van der Waals surface area (Å²) in [6.07, 6.45) is 5.33. The molecule has 4 rings (SSSR count). The zero-order chi connectivity index (χ0) is 25.7. The third kappa shape index (κ3) is 6.01. The van der Waals surface area contributed by atoms with Gasteiger partial charge in [-0.1, -0.05) is 54.6 Å². The summed E-state index contributed by atoms with van der Waals surface area (Å²) in [6.45, 7) is 5.49. The maximum Gasteiger partial charge on any atom is 0.248 e. The van der Waals surface area contributed by atoms with E-state index in [-0.39, 0.29) is 18.0 Å². The number of benzene rings is 2. The van der Waals surface area contributed by atoms with E-state index in [1.165, 1.54) is 17.8 Å². The maximum atomic E-state index is 12.2. The van der Waals surface area contributed by atoms with E-state index >= 15 is 0 Å². The van der Waals surface area contributed by atoms with Gasteiger partial charge >= 0.3 is 0 Å². The number of nitrogens with zero attached hydrogens (tertiary/aromatic N) is 2. The van der Waals surface area contributed by atoms with Crippen molar-refractivity contribution in [2.45, 2.75) is 44.2 Å². The van der Waals surface area contributed by atoms with E-state index < -0.39 is 5.91 Å². The molecule has 1 fully saturated rings. The normalized spacial score (nSPS) is 19.2. The molecular weight excluding hydrogens is 476 g/mol. The molecule has 0 saturated heterocycles. The topological polar surface area (TPSA) is 122 Å². The van der Waals surface area contributed by atoms with Gasteiger partial charge < -0.3 is 21.7 Å². The van der Waals surface area contributed by atoms with Crippen LogP contribution in [0.25, 0.3) is 0 Å². The second-order valence-electron chi connectivity index (χ2n) is 8.90. The predicted octanol–water partition coefficient (Wildman–Crippen LogP) is 4.70. The predicted molar refractivity (Wildman–Crippen MR) is 143 cm³/mol. The number of carbonyl (C=O) groups is 2. The molecule has 1 heterocycles. The first-order valence-electron chi connectivity index (χ1n) is 11.8. The Balaban J connectivity index is 1.54. The third-order valence-electron chi connectivity index (χ3n) is 6.47. The van der Waals surface area contributed by atoms with E-state index in [0.29, 0.717) is 34.0 Å². The quantitative estimate of drug-likeness (QED) is 0.330. The van der Waals surface area contributed by atoms with Crippen LogP contribution in [0.4, 0.5) is 17.5 Å². The molecule has 2 amide bonds. The Kier molecular flexibility index (Phi) is 7.85. The van der Waals surface area contributed by atoms with E-state index in [1.807, 2.05) is 25.1 Å². The van der Waals surface area contributed by atoms with Gasteiger partial charge in [0.1, 0.15) is 5.02 Å². The van der Waals surface area contributed by atoms with Crippen molar-refractivity contribution in [2.75, 3.05) is 10.6 Å². The molecule has 1 saturated carbocycles. The van der Waals surface area contributed by atoms with Gasteiger partial charge in [-0.15, -0.1) is 0 Å². The summed E-state index contributed by atoms with van der Waals surface area (Å²) in [5, 5.41) is 10.0. The summed E-state index contributed by atoms with van der Waals surface area (Å²) in [6, 6.07) is 15.2. The summed E-state index contributed by atoms with van der Waals surface area (Å²) in [5.41, 5.74) is 8.62. The van der Waals surface area contributed by atoms with Crippen LogP contribution in [0, 0.1) is 6.92 Å². The Morgan fingerprint density at radius 2 is 1.92 bits per heavy atom. The van der Waals surface area contributed by atoms with Crippen molar-refractivity contribution < 1.29 is 9.59 Å².